The Hall–Kier alpha value is -1.88. The van der Waals surface area contributed by atoms with Crippen LogP contribution in [0, 0.1) is 6.92 Å². The molecule has 0 aliphatic rings. The maximum absolute atomic E-state index is 5.13. The van der Waals surface area contributed by atoms with Crippen molar-refractivity contribution in [2.75, 3.05) is 19.0 Å². The second-order valence-corrected chi connectivity index (χ2v) is 4.48. The van der Waals surface area contributed by atoms with Crippen LogP contribution in [-0.4, -0.2) is 28.5 Å². The van der Waals surface area contributed by atoms with Crippen LogP contribution in [0.1, 0.15) is 17.2 Å². The van der Waals surface area contributed by atoms with Gasteiger partial charge in [0.1, 0.15) is 5.82 Å². The first-order chi connectivity index (χ1) is 9.22. The molecule has 1 aromatic heterocycles. The standard InChI is InChI=1S/C14H20N4O/c1-11-16-17-14(18(11)2)10-15-13-7-5-4-6-12(13)8-9-19-3/h4-7,15H,8-10H2,1-3H3. The summed E-state index contributed by atoms with van der Waals surface area (Å²) in [5.74, 6) is 1.85. The first-order valence-corrected chi connectivity index (χ1v) is 6.38. The zero-order valence-electron chi connectivity index (χ0n) is 11.7. The fraction of sp³-hybridized carbons (Fsp3) is 0.429. The SMILES string of the molecule is COCCc1ccccc1NCc1nnc(C)n1C. The molecule has 0 saturated heterocycles. The van der Waals surface area contributed by atoms with E-state index < -0.39 is 0 Å². The van der Waals surface area contributed by atoms with Crippen molar-refractivity contribution < 1.29 is 4.74 Å². The van der Waals surface area contributed by atoms with Crippen LogP contribution in [0.4, 0.5) is 5.69 Å². The van der Waals surface area contributed by atoms with E-state index in [2.05, 4.69) is 27.6 Å². The quantitative estimate of drug-likeness (QED) is 0.862. The summed E-state index contributed by atoms with van der Waals surface area (Å²) in [5, 5.41) is 11.6. The monoisotopic (exact) mass is 260 g/mol. The topological polar surface area (TPSA) is 52.0 Å². The summed E-state index contributed by atoms with van der Waals surface area (Å²) in [6.45, 7) is 3.34. The van der Waals surface area contributed by atoms with Gasteiger partial charge in [0.25, 0.3) is 0 Å². The molecule has 19 heavy (non-hydrogen) atoms. The van der Waals surface area contributed by atoms with Crippen LogP contribution in [0.5, 0.6) is 0 Å². The van der Waals surface area contributed by atoms with E-state index in [0.717, 1.165) is 30.4 Å². The maximum atomic E-state index is 5.13. The first-order valence-electron chi connectivity index (χ1n) is 6.38. The lowest BCUT2D eigenvalue weighted by Crippen LogP contribution is -2.08. The molecule has 0 fully saturated rings. The molecule has 5 heteroatoms. The number of methoxy groups -OCH3 is 1. The van der Waals surface area contributed by atoms with Crippen LogP contribution in [0.15, 0.2) is 24.3 Å². The Morgan fingerprint density at radius 2 is 2.05 bits per heavy atom. The Kier molecular flexibility index (Phi) is 4.52. The van der Waals surface area contributed by atoms with Gasteiger partial charge >= 0.3 is 0 Å². The van der Waals surface area contributed by atoms with E-state index in [9.17, 15) is 0 Å². The lowest BCUT2D eigenvalue weighted by Gasteiger charge is -2.11. The smallest absolute Gasteiger partial charge is 0.152 e. The summed E-state index contributed by atoms with van der Waals surface area (Å²) in [5.41, 5.74) is 2.38. The summed E-state index contributed by atoms with van der Waals surface area (Å²) in [4.78, 5) is 0. The molecular weight excluding hydrogens is 240 g/mol. The molecule has 5 nitrogen and oxygen atoms in total. The van der Waals surface area contributed by atoms with Crippen molar-refractivity contribution in [3.8, 4) is 0 Å². The molecule has 2 aromatic rings. The molecule has 0 atom stereocenters. The highest BCUT2D eigenvalue weighted by Gasteiger charge is 2.06. The number of aryl methyl sites for hydroxylation is 1. The lowest BCUT2D eigenvalue weighted by molar-refractivity contribution is 0.202. The molecule has 0 amide bonds. The summed E-state index contributed by atoms with van der Waals surface area (Å²) in [6, 6.07) is 8.26. The maximum Gasteiger partial charge on any atom is 0.152 e. The van der Waals surface area contributed by atoms with E-state index in [1.54, 1.807) is 7.11 Å². The Morgan fingerprint density at radius 3 is 2.74 bits per heavy atom. The molecule has 0 aliphatic heterocycles. The van der Waals surface area contributed by atoms with Crippen molar-refractivity contribution >= 4 is 5.69 Å². The molecule has 1 aromatic carbocycles. The number of hydrogen-bond donors (Lipinski definition) is 1. The van der Waals surface area contributed by atoms with Gasteiger partial charge in [0.15, 0.2) is 5.82 Å². The van der Waals surface area contributed by atoms with E-state index in [-0.39, 0.29) is 0 Å². The van der Waals surface area contributed by atoms with Crippen molar-refractivity contribution in [1.82, 2.24) is 14.8 Å². The predicted octanol–water partition coefficient (Wildman–Crippen LogP) is 1.92. The fourth-order valence-electron chi connectivity index (χ4n) is 1.90. The van der Waals surface area contributed by atoms with Crippen LogP contribution in [0.2, 0.25) is 0 Å². The van der Waals surface area contributed by atoms with Crippen LogP contribution in [0.25, 0.3) is 0 Å². The zero-order valence-corrected chi connectivity index (χ0v) is 11.7. The third kappa shape index (κ3) is 3.32. The Labute approximate surface area is 113 Å². The minimum atomic E-state index is 0.668. The lowest BCUT2D eigenvalue weighted by atomic mass is 10.1. The van der Waals surface area contributed by atoms with Gasteiger partial charge in [-0.2, -0.15) is 0 Å². The number of nitrogens with one attached hydrogen (secondary N) is 1. The normalized spacial score (nSPS) is 10.7. The van der Waals surface area contributed by atoms with Crippen LogP contribution in [-0.2, 0) is 24.8 Å². The molecule has 0 radical (unpaired) electrons. The molecule has 0 aliphatic carbocycles. The van der Waals surface area contributed by atoms with Crippen molar-refractivity contribution in [3.63, 3.8) is 0 Å². The van der Waals surface area contributed by atoms with Crippen molar-refractivity contribution in [2.45, 2.75) is 19.9 Å². The van der Waals surface area contributed by atoms with Gasteiger partial charge in [0.05, 0.1) is 13.2 Å². The third-order valence-corrected chi connectivity index (χ3v) is 3.21. The van der Waals surface area contributed by atoms with E-state index >= 15 is 0 Å². The summed E-state index contributed by atoms with van der Waals surface area (Å²) < 4.78 is 7.12. The van der Waals surface area contributed by atoms with Gasteiger partial charge in [0.2, 0.25) is 0 Å². The number of hydrogen-bond acceptors (Lipinski definition) is 4. The average Bonchev–Trinajstić information content (AvgIpc) is 2.75. The molecular formula is C14H20N4O. The highest BCUT2D eigenvalue weighted by molar-refractivity contribution is 5.51. The molecule has 0 bridgehead atoms. The van der Waals surface area contributed by atoms with E-state index in [1.807, 2.05) is 30.7 Å². The Bertz CT molecular complexity index is 536. The Balaban J connectivity index is 2.04. The van der Waals surface area contributed by atoms with Crippen molar-refractivity contribution in [2.24, 2.45) is 7.05 Å². The number of nitrogens with zero attached hydrogens (tertiary/aromatic N) is 3. The number of benzene rings is 1. The minimum Gasteiger partial charge on any atom is -0.384 e. The molecule has 102 valence electrons. The molecule has 1 N–H and O–H groups in total. The molecule has 0 unspecified atom stereocenters. The van der Waals surface area contributed by atoms with Gasteiger partial charge in [-0.3, -0.25) is 0 Å². The molecule has 0 saturated carbocycles. The summed E-state index contributed by atoms with van der Waals surface area (Å²) >= 11 is 0. The highest BCUT2D eigenvalue weighted by atomic mass is 16.5. The van der Waals surface area contributed by atoms with Gasteiger partial charge < -0.3 is 14.6 Å². The average molecular weight is 260 g/mol. The number of ether oxygens (including phenoxy) is 1. The molecule has 2 rings (SSSR count). The van der Waals surface area contributed by atoms with Gasteiger partial charge in [0, 0.05) is 19.8 Å². The first kappa shape index (κ1) is 13.5. The molecule has 0 spiro atoms. The third-order valence-electron chi connectivity index (χ3n) is 3.21. The number of anilines is 1. The van der Waals surface area contributed by atoms with Gasteiger partial charge in [-0.1, -0.05) is 18.2 Å². The second-order valence-electron chi connectivity index (χ2n) is 4.48. The van der Waals surface area contributed by atoms with Crippen molar-refractivity contribution in [3.05, 3.63) is 41.5 Å². The van der Waals surface area contributed by atoms with Crippen LogP contribution in [0.3, 0.4) is 0 Å². The van der Waals surface area contributed by atoms with E-state index in [1.165, 1.54) is 5.56 Å². The van der Waals surface area contributed by atoms with Crippen molar-refractivity contribution in [1.29, 1.82) is 0 Å². The summed E-state index contributed by atoms with van der Waals surface area (Å²) in [6.07, 6.45) is 0.900. The number of rotatable bonds is 6. The fourth-order valence-corrected chi connectivity index (χ4v) is 1.90. The van der Waals surface area contributed by atoms with Crippen LogP contribution < -0.4 is 5.32 Å². The largest absolute Gasteiger partial charge is 0.384 e. The zero-order chi connectivity index (χ0) is 13.7. The van der Waals surface area contributed by atoms with Gasteiger partial charge in [-0.05, 0) is 25.0 Å². The van der Waals surface area contributed by atoms with Gasteiger partial charge in [-0.25, -0.2) is 0 Å². The number of aromatic nitrogens is 3. The van der Waals surface area contributed by atoms with Gasteiger partial charge in [-0.15, -0.1) is 10.2 Å². The van der Waals surface area contributed by atoms with Crippen LogP contribution >= 0.6 is 0 Å². The van der Waals surface area contributed by atoms with E-state index in [4.69, 9.17) is 4.74 Å². The predicted molar refractivity (Wildman–Crippen MR) is 75.1 cm³/mol. The minimum absolute atomic E-state index is 0.668. The summed E-state index contributed by atoms with van der Waals surface area (Å²) in [7, 11) is 3.70. The highest BCUT2D eigenvalue weighted by Crippen LogP contribution is 2.16. The second kappa shape index (κ2) is 6.33. The van der Waals surface area contributed by atoms with E-state index in [0.29, 0.717) is 6.54 Å². The number of para-hydroxylation sites is 1. The Morgan fingerprint density at radius 1 is 1.26 bits per heavy atom. The molecule has 1 heterocycles.